The van der Waals surface area contributed by atoms with Gasteiger partial charge in [-0.2, -0.15) is 0 Å². The fourth-order valence-corrected chi connectivity index (χ4v) is 4.03. The number of amides is 1. The van der Waals surface area contributed by atoms with E-state index in [0.717, 1.165) is 5.56 Å². The minimum atomic E-state index is -0.616. The molecule has 0 bridgehead atoms. The van der Waals surface area contributed by atoms with Crippen LogP contribution in [0.3, 0.4) is 0 Å². The Balaban J connectivity index is 1.87. The van der Waals surface area contributed by atoms with Gasteiger partial charge in [0.05, 0.1) is 5.56 Å². The molecule has 1 aromatic carbocycles. The number of Topliss-reactive ketones (excluding diaryl/α,β-unsaturated/α-hetero) is 2. The molecule has 0 aliphatic rings. The van der Waals surface area contributed by atoms with Crippen LogP contribution in [0, 0.1) is 26.6 Å². The Kier molecular flexibility index (Phi) is 6.63. The second-order valence-corrected chi connectivity index (χ2v) is 8.97. The number of hydrogen-bond acceptors (Lipinski definition) is 4. The quantitative estimate of drug-likeness (QED) is 0.413. The van der Waals surface area contributed by atoms with Crippen molar-refractivity contribution in [3.05, 3.63) is 82.2 Å². The van der Waals surface area contributed by atoms with Crippen molar-refractivity contribution in [2.75, 3.05) is 5.32 Å². The summed E-state index contributed by atoms with van der Waals surface area (Å²) in [6, 6.07) is 7.97. The molecule has 6 nitrogen and oxygen atoms in total. The molecule has 1 amide bonds. The van der Waals surface area contributed by atoms with Gasteiger partial charge in [0, 0.05) is 37.2 Å². The maximum absolute atomic E-state index is 13.5. The number of anilines is 1. The zero-order chi connectivity index (χ0) is 24.5. The Morgan fingerprint density at radius 2 is 1.82 bits per heavy atom. The summed E-state index contributed by atoms with van der Waals surface area (Å²) in [5.41, 5.74) is 2.63. The Morgan fingerprint density at radius 3 is 2.42 bits per heavy atom. The molecule has 0 unspecified atom stereocenters. The van der Waals surface area contributed by atoms with E-state index in [0.29, 0.717) is 22.5 Å². The third-order valence-electron chi connectivity index (χ3n) is 6.09. The van der Waals surface area contributed by atoms with Crippen LogP contribution in [0.15, 0.2) is 42.7 Å². The number of rotatable bonds is 7. The molecule has 0 radical (unpaired) electrons. The van der Waals surface area contributed by atoms with Gasteiger partial charge in [-0.05, 0) is 67.1 Å². The number of carbonyl (C=O) groups excluding carboxylic acids is 3. The van der Waals surface area contributed by atoms with Crippen LogP contribution in [0.25, 0.3) is 0 Å². The second kappa shape index (κ2) is 9.10. The molecule has 0 atom stereocenters. The van der Waals surface area contributed by atoms with Gasteiger partial charge >= 0.3 is 0 Å². The van der Waals surface area contributed by atoms with Crippen molar-refractivity contribution >= 4 is 23.2 Å². The van der Waals surface area contributed by atoms with E-state index < -0.39 is 22.9 Å². The third kappa shape index (κ3) is 4.77. The van der Waals surface area contributed by atoms with E-state index in [1.54, 1.807) is 50.8 Å². The van der Waals surface area contributed by atoms with Crippen LogP contribution in [0.5, 0.6) is 0 Å². The topological polar surface area (TPSA) is 81.1 Å². The summed E-state index contributed by atoms with van der Waals surface area (Å²) < 4.78 is 15.1. The molecule has 3 aromatic rings. The molecule has 172 valence electrons. The highest BCUT2D eigenvalue weighted by atomic mass is 19.1. The largest absolute Gasteiger partial charge is 0.343 e. The summed E-state index contributed by atoms with van der Waals surface area (Å²) in [5.74, 6) is -1.94. The fraction of sp³-hybridized carbons (Fsp3) is 0.308. The van der Waals surface area contributed by atoms with E-state index in [9.17, 15) is 18.8 Å². The van der Waals surface area contributed by atoms with Gasteiger partial charge in [-0.25, -0.2) is 4.39 Å². The minimum Gasteiger partial charge on any atom is -0.343 e. The Morgan fingerprint density at radius 1 is 1.12 bits per heavy atom. The van der Waals surface area contributed by atoms with Crippen LogP contribution < -0.4 is 5.32 Å². The Labute approximate surface area is 192 Å². The lowest BCUT2D eigenvalue weighted by atomic mass is 9.79. The van der Waals surface area contributed by atoms with E-state index in [4.69, 9.17) is 0 Å². The van der Waals surface area contributed by atoms with Crippen LogP contribution in [0.1, 0.15) is 63.5 Å². The molecule has 0 saturated carbocycles. The number of aromatic nitrogens is 2. The zero-order valence-corrected chi connectivity index (χ0v) is 19.7. The molecule has 3 rings (SSSR count). The SMILES string of the molecule is Cc1cc(NC(=O)c2c(C)c(C(=O)C(=O)CC(C)(C)c3cccnc3)c(C)n2C)ccc1F. The minimum absolute atomic E-state index is 0.0156. The number of carbonyl (C=O) groups is 3. The Bertz CT molecular complexity index is 1240. The summed E-state index contributed by atoms with van der Waals surface area (Å²) in [4.78, 5) is 43.2. The van der Waals surface area contributed by atoms with Gasteiger partial charge in [-0.1, -0.05) is 19.9 Å². The molecule has 0 saturated heterocycles. The van der Waals surface area contributed by atoms with Crippen molar-refractivity contribution in [2.45, 2.75) is 46.5 Å². The second-order valence-electron chi connectivity index (χ2n) is 8.97. The van der Waals surface area contributed by atoms with Gasteiger partial charge in [0.15, 0.2) is 0 Å². The summed E-state index contributed by atoms with van der Waals surface area (Å²) in [7, 11) is 1.67. The third-order valence-corrected chi connectivity index (χ3v) is 6.09. The van der Waals surface area contributed by atoms with E-state index in [-0.39, 0.29) is 23.5 Å². The first-order chi connectivity index (χ1) is 15.4. The summed E-state index contributed by atoms with van der Waals surface area (Å²) >= 11 is 0. The van der Waals surface area contributed by atoms with Crippen molar-refractivity contribution < 1.29 is 18.8 Å². The fourth-order valence-electron chi connectivity index (χ4n) is 4.03. The van der Waals surface area contributed by atoms with Crippen molar-refractivity contribution in [1.29, 1.82) is 0 Å². The summed E-state index contributed by atoms with van der Waals surface area (Å²) in [6.45, 7) is 8.76. The smallest absolute Gasteiger partial charge is 0.272 e. The monoisotopic (exact) mass is 449 g/mol. The maximum Gasteiger partial charge on any atom is 0.272 e. The molecule has 2 heterocycles. The van der Waals surface area contributed by atoms with E-state index in [2.05, 4.69) is 10.3 Å². The van der Waals surface area contributed by atoms with Crippen LogP contribution in [0.4, 0.5) is 10.1 Å². The normalized spacial score (nSPS) is 11.4. The number of pyridine rings is 1. The first-order valence-corrected chi connectivity index (χ1v) is 10.7. The predicted molar refractivity (Wildman–Crippen MR) is 125 cm³/mol. The van der Waals surface area contributed by atoms with Gasteiger partial charge < -0.3 is 9.88 Å². The van der Waals surface area contributed by atoms with Crippen molar-refractivity contribution in [2.24, 2.45) is 7.05 Å². The molecule has 0 fully saturated rings. The molecule has 7 heteroatoms. The molecule has 2 aromatic heterocycles. The number of ketones is 2. The highest BCUT2D eigenvalue weighted by Gasteiger charge is 2.32. The molecular formula is C26H28FN3O3. The molecule has 1 N–H and O–H groups in total. The zero-order valence-electron chi connectivity index (χ0n) is 19.7. The van der Waals surface area contributed by atoms with Crippen LogP contribution in [0.2, 0.25) is 0 Å². The predicted octanol–water partition coefficient (Wildman–Crippen LogP) is 4.86. The van der Waals surface area contributed by atoms with Crippen molar-refractivity contribution in [1.82, 2.24) is 9.55 Å². The molecule has 0 aliphatic heterocycles. The van der Waals surface area contributed by atoms with E-state index in [1.165, 1.54) is 18.2 Å². The number of hydrogen-bond donors (Lipinski definition) is 1. The van der Waals surface area contributed by atoms with Crippen molar-refractivity contribution in [3.63, 3.8) is 0 Å². The highest BCUT2D eigenvalue weighted by molar-refractivity contribution is 6.44. The van der Waals surface area contributed by atoms with Gasteiger partial charge in [-0.15, -0.1) is 0 Å². The van der Waals surface area contributed by atoms with Crippen LogP contribution in [-0.2, 0) is 17.3 Å². The molecule has 0 spiro atoms. The molecular weight excluding hydrogens is 421 g/mol. The first-order valence-electron chi connectivity index (χ1n) is 10.7. The van der Waals surface area contributed by atoms with Gasteiger partial charge in [0.25, 0.3) is 5.91 Å². The average Bonchev–Trinajstić information content (AvgIpc) is 2.98. The number of nitrogens with zero attached hydrogens (tertiary/aromatic N) is 2. The summed E-state index contributed by atoms with van der Waals surface area (Å²) in [6.07, 6.45) is 3.36. The van der Waals surface area contributed by atoms with Crippen LogP contribution in [-0.4, -0.2) is 27.0 Å². The first kappa shape index (κ1) is 24.0. The molecule has 0 aliphatic carbocycles. The standard InChI is InChI=1S/C26H28FN3O3/c1-15-12-19(9-10-20(15)27)29-25(33)23-16(2)22(17(3)30(23)6)24(32)21(31)13-26(4,5)18-8-7-11-28-14-18/h7-12,14H,13H2,1-6H3,(H,29,33). The van der Waals surface area contributed by atoms with E-state index in [1.807, 2.05) is 19.9 Å². The average molecular weight is 450 g/mol. The number of halogens is 1. The number of aryl methyl sites for hydroxylation is 1. The number of nitrogens with one attached hydrogen (secondary N) is 1. The maximum atomic E-state index is 13.5. The summed E-state index contributed by atoms with van der Waals surface area (Å²) in [5, 5.41) is 2.75. The van der Waals surface area contributed by atoms with E-state index >= 15 is 0 Å². The molecule has 33 heavy (non-hydrogen) atoms. The van der Waals surface area contributed by atoms with Gasteiger partial charge in [0.2, 0.25) is 11.6 Å². The van der Waals surface area contributed by atoms with Gasteiger partial charge in [-0.3, -0.25) is 19.4 Å². The lowest BCUT2D eigenvalue weighted by Gasteiger charge is -2.23. The van der Waals surface area contributed by atoms with Gasteiger partial charge in [0.1, 0.15) is 11.5 Å². The Hall–Kier alpha value is -3.61. The lowest BCUT2D eigenvalue weighted by molar-refractivity contribution is -0.116. The number of benzene rings is 1. The lowest BCUT2D eigenvalue weighted by Crippen LogP contribution is -2.27. The van der Waals surface area contributed by atoms with Crippen molar-refractivity contribution in [3.8, 4) is 0 Å². The highest BCUT2D eigenvalue weighted by Crippen LogP contribution is 2.29. The van der Waals surface area contributed by atoms with Crippen LogP contribution >= 0.6 is 0 Å².